The Hall–Kier alpha value is -2.67. The number of aliphatic carboxylic acids is 1. The van der Waals surface area contributed by atoms with E-state index in [0.29, 0.717) is 18.9 Å². The van der Waals surface area contributed by atoms with Gasteiger partial charge in [-0.3, -0.25) is 9.69 Å². The first-order valence-electron chi connectivity index (χ1n) is 7.75. The molecule has 1 aromatic heterocycles. The molecule has 0 amide bonds. The summed E-state index contributed by atoms with van der Waals surface area (Å²) in [5.74, 6) is 0.610. The zero-order valence-corrected chi connectivity index (χ0v) is 13.7. The summed E-state index contributed by atoms with van der Waals surface area (Å²) >= 11 is 0. The highest BCUT2D eigenvalue weighted by molar-refractivity contribution is 5.75. The zero-order valence-electron chi connectivity index (χ0n) is 13.7. The molecule has 1 aliphatic heterocycles. The zero-order chi connectivity index (χ0) is 17.1. The average Bonchev–Trinajstić information content (AvgIpc) is 2.62. The number of piperazine rings is 1. The van der Waals surface area contributed by atoms with E-state index in [4.69, 9.17) is 4.74 Å². The molecule has 0 bridgehead atoms. The van der Waals surface area contributed by atoms with Gasteiger partial charge in [0.2, 0.25) is 0 Å². The molecule has 2 heterocycles. The smallest absolute Gasteiger partial charge is 0.322 e. The number of hydrogen-bond acceptors (Lipinski definition) is 6. The van der Waals surface area contributed by atoms with Crippen LogP contribution in [0.15, 0.2) is 36.4 Å². The van der Waals surface area contributed by atoms with Gasteiger partial charge in [0.05, 0.1) is 12.8 Å². The lowest BCUT2D eigenvalue weighted by Gasteiger charge is -2.37. The van der Waals surface area contributed by atoms with Crippen LogP contribution in [0.1, 0.15) is 0 Å². The van der Waals surface area contributed by atoms with Crippen LogP contribution in [0.4, 0.5) is 5.82 Å². The number of carbonyl (C=O) groups is 1. The van der Waals surface area contributed by atoms with Crippen LogP contribution in [0, 0.1) is 0 Å². The molecule has 7 nitrogen and oxygen atoms in total. The Kier molecular flexibility index (Phi) is 4.61. The lowest BCUT2D eigenvalue weighted by atomic mass is 10.1. The quantitative estimate of drug-likeness (QED) is 0.908. The SMILES string of the molecule is COc1ccccc1-c1ccc(N2CCN(C)C(C(=O)O)C2)nn1. The number of ether oxygens (including phenoxy) is 1. The van der Waals surface area contributed by atoms with Gasteiger partial charge in [0.25, 0.3) is 0 Å². The van der Waals surface area contributed by atoms with Crippen molar-refractivity contribution in [1.82, 2.24) is 15.1 Å². The number of likely N-dealkylation sites (N-methyl/N-ethyl adjacent to an activating group) is 1. The summed E-state index contributed by atoms with van der Waals surface area (Å²) in [5, 5.41) is 17.9. The van der Waals surface area contributed by atoms with Crippen molar-refractivity contribution < 1.29 is 14.6 Å². The molecule has 1 atom stereocenters. The van der Waals surface area contributed by atoms with Crippen LogP contribution >= 0.6 is 0 Å². The molecule has 1 fully saturated rings. The summed E-state index contributed by atoms with van der Waals surface area (Å²) in [6, 6.07) is 10.9. The van der Waals surface area contributed by atoms with Crippen LogP contribution in [0.2, 0.25) is 0 Å². The minimum atomic E-state index is -0.819. The van der Waals surface area contributed by atoms with Crippen molar-refractivity contribution in [3.8, 4) is 17.0 Å². The Morgan fingerprint density at radius 3 is 2.67 bits per heavy atom. The first-order chi connectivity index (χ1) is 11.6. The Balaban J connectivity index is 1.81. The Labute approximate surface area is 140 Å². The predicted molar refractivity (Wildman–Crippen MR) is 90.3 cm³/mol. The topological polar surface area (TPSA) is 78.8 Å². The third kappa shape index (κ3) is 3.16. The van der Waals surface area contributed by atoms with Crippen LogP contribution in [0.5, 0.6) is 5.75 Å². The Bertz CT molecular complexity index is 720. The van der Waals surface area contributed by atoms with Crippen LogP contribution in [-0.2, 0) is 4.79 Å². The molecular weight excluding hydrogens is 308 g/mol. The van der Waals surface area contributed by atoms with Crippen molar-refractivity contribution >= 4 is 11.8 Å². The number of benzene rings is 1. The van der Waals surface area contributed by atoms with E-state index >= 15 is 0 Å². The van der Waals surface area contributed by atoms with Gasteiger partial charge in [-0.1, -0.05) is 12.1 Å². The summed E-state index contributed by atoms with van der Waals surface area (Å²) in [7, 11) is 3.45. The van der Waals surface area contributed by atoms with Gasteiger partial charge in [0.1, 0.15) is 11.8 Å². The van der Waals surface area contributed by atoms with Gasteiger partial charge in [0, 0.05) is 25.2 Å². The van der Waals surface area contributed by atoms with E-state index in [9.17, 15) is 9.90 Å². The molecule has 1 saturated heterocycles. The van der Waals surface area contributed by atoms with Crippen LogP contribution in [-0.4, -0.2) is 66.0 Å². The predicted octanol–water partition coefficient (Wildman–Crippen LogP) is 1.36. The molecule has 0 saturated carbocycles. The summed E-state index contributed by atoms with van der Waals surface area (Å²) in [6.07, 6.45) is 0. The highest BCUT2D eigenvalue weighted by Crippen LogP contribution is 2.28. The molecule has 2 aromatic rings. The van der Waals surface area contributed by atoms with Crippen LogP contribution in [0.25, 0.3) is 11.3 Å². The number of para-hydroxylation sites is 1. The highest BCUT2D eigenvalue weighted by atomic mass is 16.5. The second kappa shape index (κ2) is 6.84. The van der Waals surface area contributed by atoms with Crippen LogP contribution in [0.3, 0.4) is 0 Å². The van der Waals surface area contributed by atoms with Crippen LogP contribution < -0.4 is 9.64 Å². The molecule has 1 aliphatic rings. The molecule has 7 heteroatoms. The minimum absolute atomic E-state index is 0.397. The molecular formula is C17H20N4O3. The maximum atomic E-state index is 11.3. The maximum absolute atomic E-state index is 11.3. The monoisotopic (exact) mass is 328 g/mol. The van der Waals surface area contributed by atoms with E-state index in [1.54, 1.807) is 7.11 Å². The van der Waals surface area contributed by atoms with Crippen molar-refractivity contribution in [3.05, 3.63) is 36.4 Å². The van der Waals surface area contributed by atoms with Gasteiger partial charge in [-0.2, -0.15) is 0 Å². The highest BCUT2D eigenvalue weighted by Gasteiger charge is 2.30. The number of carboxylic acids is 1. The molecule has 126 valence electrons. The molecule has 1 aromatic carbocycles. The van der Waals surface area contributed by atoms with Crippen molar-refractivity contribution in [3.63, 3.8) is 0 Å². The summed E-state index contributed by atoms with van der Waals surface area (Å²) < 4.78 is 5.35. The molecule has 0 spiro atoms. The largest absolute Gasteiger partial charge is 0.496 e. The standard InChI is InChI=1S/C17H20N4O3/c1-20-9-10-21(11-14(20)17(22)23)16-8-7-13(18-19-16)12-5-3-4-6-15(12)24-2/h3-8,14H,9-11H2,1-2H3,(H,22,23). The van der Waals surface area contributed by atoms with Gasteiger partial charge in [0.15, 0.2) is 5.82 Å². The van der Waals surface area contributed by atoms with E-state index in [0.717, 1.165) is 23.6 Å². The third-order valence-electron chi connectivity index (χ3n) is 4.29. The Morgan fingerprint density at radius 1 is 1.21 bits per heavy atom. The number of hydrogen-bond donors (Lipinski definition) is 1. The summed E-state index contributed by atoms with van der Waals surface area (Å²) in [5.41, 5.74) is 1.60. The molecule has 24 heavy (non-hydrogen) atoms. The van der Waals surface area contributed by atoms with E-state index in [1.165, 1.54) is 0 Å². The van der Waals surface area contributed by atoms with Crippen molar-refractivity contribution in [2.75, 3.05) is 38.7 Å². The molecule has 0 radical (unpaired) electrons. The van der Waals surface area contributed by atoms with Gasteiger partial charge in [-0.25, -0.2) is 0 Å². The van der Waals surface area contributed by atoms with E-state index in [-0.39, 0.29) is 0 Å². The Morgan fingerprint density at radius 2 is 2.00 bits per heavy atom. The minimum Gasteiger partial charge on any atom is -0.496 e. The first-order valence-corrected chi connectivity index (χ1v) is 7.75. The van der Waals surface area contributed by atoms with Gasteiger partial charge >= 0.3 is 5.97 Å². The third-order valence-corrected chi connectivity index (χ3v) is 4.29. The van der Waals surface area contributed by atoms with Gasteiger partial charge in [-0.15, -0.1) is 10.2 Å². The number of methoxy groups -OCH3 is 1. The number of aromatic nitrogens is 2. The molecule has 0 aliphatic carbocycles. The number of rotatable bonds is 4. The summed E-state index contributed by atoms with van der Waals surface area (Å²) in [6.45, 7) is 1.80. The van der Waals surface area contributed by atoms with E-state index in [2.05, 4.69) is 10.2 Å². The number of carboxylic acid groups (broad SMARTS) is 1. The first kappa shape index (κ1) is 16.2. The fourth-order valence-corrected chi connectivity index (χ4v) is 2.84. The van der Waals surface area contributed by atoms with E-state index < -0.39 is 12.0 Å². The molecule has 1 N–H and O–H groups in total. The van der Waals surface area contributed by atoms with Crippen molar-refractivity contribution in [1.29, 1.82) is 0 Å². The maximum Gasteiger partial charge on any atom is 0.322 e. The van der Waals surface area contributed by atoms with Gasteiger partial charge < -0.3 is 14.7 Å². The molecule has 1 unspecified atom stereocenters. The number of nitrogens with zero attached hydrogens (tertiary/aromatic N) is 4. The van der Waals surface area contributed by atoms with Crippen molar-refractivity contribution in [2.24, 2.45) is 0 Å². The van der Waals surface area contributed by atoms with Gasteiger partial charge in [-0.05, 0) is 31.3 Å². The fraction of sp³-hybridized carbons (Fsp3) is 0.353. The average molecular weight is 328 g/mol. The second-order valence-corrected chi connectivity index (χ2v) is 5.76. The van der Waals surface area contributed by atoms with E-state index in [1.807, 2.05) is 53.2 Å². The summed E-state index contributed by atoms with van der Waals surface area (Å²) in [4.78, 5) is 15.1. The lowest BCUT2D eigenvalue weighted by Crippen LogP contribution is -2.55. The normalized spacial score (nSPS) is 18.4. The lowest BCUT2D eigenvalue weighted by molar-refractivity contribution is -0.142. The second-order valence-electron chi connectivity index (χ2n) is 5.76. The number of anilines is 1. The molecule has 3 rings (SSSR count). The fourth-order valence-electron chi connectivity index (χ4n) is 2.84. The van der Waals surface area contributed by atoms with Crippen molar-refractivity contribution in [2.45, 2.75) is 6.04 Å².